The van der Waals surface area contributed by atoms with Crippen LogP contribution in [-0.2, 0) is 19.1 Å². The second kappa shape index (κ2) is 7.53. The maximum atomic E-state index is 11.9. The van der Waals surface area contributed by atoms with Crippen LogP contribution >= 0.6 is 0 Å². The summed E-state index contributed by atoms with van der Waals surface area (Å²) in [4.78, 5) is 26.8. The van der Waals surface area contributed by atoms with E-state index in [0.717, 1.165) is 11.4 Å². The molecule has 0 unspecified atom stereocenters. The molecule has 1 aromatic carbocycles. The molecule has 0 radical (unpaired) electrons. The average molecular weight is 341 g/mol. The van der Waals surface area contributed by atoms with Crippen molar-refractivity contribution in [2.24, 2.45) is 0 Å². The van der Waals surface area contributed by atoms with Crippen LogP contribution in [0.1, 0.15) is 13.3 Å². The Balaban J connectivity index is 2.09. The fourth-order valence-electron chi connectivity index (χ4n) is 2.42. The van der Waals surface area contributed by atoms with Gasteiger partial charge in [-0.1, -0.05) is 18.7 Å². The molecule has 0 saturated carbocycles. The number of anilines is 2. The van der Waals surface area contributed by atoms with Crippen LogP contribution in [0.3, 0.4) is 0 Å². The van der Waals surface area contributed by atoms with E-state index in [1.165, 1.54) is 6.92 Å². The average Bonchev–Trinajstić information content (AvgIpc) is 2.84. The molecule has 25 heavy (non-hydrogen) atoms. The van der Waals surface area contributed by atoms with Gasteiger partial charge in [0, 0.05) is 19.7 Å². The lowest BCUT2D eigenvalue weighted by Crippen LogP contribution is -2.25. The summed E-state index contributed by atoms with van der Waals surface area (Å²) < 4.78 is 10.0. The first kappa shape index (κ1) is 18.1. The van der Waals surface area contributed by atoms with Crippen LogP contribution < -0.4 is 9.80 Å². The van der Waals surface area contributed by atoms with Gasteiger partial charge in [-0.3, -0.25) is 4.79 Å². The van der Waals surface area contributed by atoms with Crippen molar-refractivity contribution in [3.05, 3.63) is 48.0 Å². The largest absolute Gasteiger partial charge is 0.462 e. The van der Waals surface area contributed by atoms with Crippen LogP contribution in [0.25, 0.3) is 0 Å². The van der Waals surface area contributed by atoms with Gasteiger partial charge < -0.3 is 19.3 Å². The Bertz CT molecular complexity index is 761. The lowest BCUT2D eigenvalue weighted by Gasteiger charge is -2.19. The summed E-state index contributed by atoms with van der Waals surface area (Å²) in [5.74, 6) is -0.873. The first-order valence-corrected chi connectivity index (χ1v) is 7.61. The van der Waals surface area contributed by atoms with Gasteiger partial charge in [0.2, 0.25) is 5.76 Å². The van der Waals surface area contributed by atoms with E-state index >= 15 is 0 Å². The predicted octanol–water partition coefficient (Wildman–Crippen LogP) is 2.32. The van der Waals surface area contributed by atoms with E-state index in [2.05, 4.69) is 6.58 Å². The molecule has 7 heteroatoms. The zero-order valence-electron chi connectivity index (χ0n) is 14.4. The van der Waals surface area contributed by atoms with Crippen LogP contribution in [-0.4, -0.2) is 32.6 Å². The molecule has 0 amide bonds. The van der Waals surface area contributed by atoms with Gasteiger partial charge >= 0.3 is 11.9 Å². The smallest absolute Gasteiger partial charge is 0.333 e. The summed E-state index contributed by atoms with van der Waals surface area (Å²) in [7, 11) is 3.58. The minimum absolute atomic E-state index is 0.113. The topological polar surface area (TPSA) is 82.9 Å². The van der Waals surface area contributed by atoms with Gasteiger partial charge in [-0.05, 0) is 19.1 Å². The van der Waals surface area contributed by atoms with Crippen LogP contribution in [0.15, 0.2) is 48.0 Å². The van der Waals surface area contributed by atoms with Crippen molar-refractivity contribution in [3.63, 3.8) is 0 Å². The summed E-state index contributed by atoms with van der Waals surface area (Å²) in [6.45, 7) is 4.83. The summed E-state index contributed by atoms with van der Waals surface area (Å²) >= 11 is 0. The number of esters is 2. The van der Waals surface area contributed by atoms with Crippen molar-refractivity contribution >= 4 is 23.3 Å². The Morgan fingerprint density at radius 3 is 2.24 bits per heavy atom. The van der Waals surface area contributed by atoms with E-state index < -0.39 is 11.9 Å². The number of benzene rings is 1. The highest BCUT2D eigenvalue weighted by atomic mass is 16.6. The van der Waals surface area contributed by atoms with Gasteiger partial charge in [-0.25, -0.2) is 4.79 Å². The van der Waals surface area contributed by atoms with E-state index in [1.54, 1.807) is 23.9 Å². The molecule has 130 valence electrons. The summed E-state index contributed by atoms with van der Waals surface area (Å²) in [6, 6.07) is 9.52. The van der Waals surface area contributed by atoms with Gasteiger partial charge in [-0.15, -0.1) is 0 Å². The number of carbonyl (C=O) groups is 2. The second-order valence-electron chi connectivity index (χ2n) is 5.51. The van der Waals surface area contributed by atoms with E-state index in [-0.39, 0.29) is 24.4 Å². The quantitative estimate of drug-likeness (QED) is 0.352. The molecule has 1 aromatic rings. The Labute approximate surface area is 146 Å². The molecule has 0 spiro atoms. The molecule has 0 bridgehead atoms. The Morgan fingerprint density at radius 2 is 1.76 bits per heavy atom. The van der Waals surface area contributed by atoms with E-state index in [9.17, 15) is 14.9 Å². The van der Waals surface area contributed by atoms with E-state index in [0.29, 0.717) is 5.82 Å². The highest BCUT2D eigenvalue weighted by Crippen LogP contribution is 2.40. The number of carbonyl (C=O) groups excluding carboxylic acids is 2. The lowest BCUT2D eigenvalue weighted by molar-refractivity contribution is -0.144. The molecule has 2 rings (SSSR count). The normalized spacial score (nSPS) is 12.3. The van der Waals surface area contributed by atoms with Crippen molar-refractivity contribution in [2.75, 3.05) is 30.5 Å². The first-order chi connectivity index (χ1) is 11.9. The highest BCUT2D eigenvalue weighted by molar-refractivity contribution is 5.87. The van der Waals surface area contributed by atoms with Crippen molar-refractivity contribution in [2.45, 2.75) is 13.3 Å². The number of nitrogens with zero attached hydrogens (tertiary/aromatic N) is 3. The van der Waals surface area contributed by atoms with Crippen molar-refractivity contribution in [1.82, 2.24) is 0 Å². The van der Waals surface area contributed by atoms with Crippen molar-refractivity contribution in [3.8, 4) is 6.07 Å². The zero-order valence-corrected chi connectivity index (χ0v) is 14.4. The molecule has 0 fully saturated rings. The molecule has 1 aliphatic rings. The standard InChI is InChI=1S/C18H19N3O4/c1-12(2)18(23)24-10-9-16(22)25-15(11-19)17-20(3)13-7-5-6-8-14(13)21(17)4/h5-8H,1,9-10H2,2-4H3. The highest BCUT2D eigenvalue weighted by Gasteiger charge is 2.30. The minimum atomic E-state index is -0.656. The third kappa shape index (κ3) is 3.80. The molecule has 7 nitrogen and oxygen atoms in total. The van der Waals surface area contributed by atoms with Gasteiger partial charge in [0.15, 0.2) is 5.82 Å². The Kier molecular flexibility index (Phi) is 5.45. The number of hydrogen-bond acceptors (Lipinski definition) is 7. The first-order valence-electron chi connectivity index (χ1n) is 7.61. The number of hydrogen-bond donors (Lipinski definition) is 0. The fourth-order valence-corrected chi connectivity index (χ4v) is 2.42. The second-order valence-corrected chi connectivity index (χ2v) is 5.51. The van der Waals surface area contributed by atoms with Crippen LogP contribution in [0, 0.1) is 11.3 Å². The molecule has 0 N–H and O–H groups in total. The van der Waals surface area contributed by atoms with Gasteiger partial charge in [0.1, 0.15) is 12.7 Å². The molecular formula is C18H19N3O4. The van der Waals surface area contributed by atoms with Crippen LogP contribution in [0.5, 0.6) is 0 Å². The number of rotatable bonds is 5. The summed E-state index contributed by atoms with van der Waals surface area (Å²) in [6.07, 6.45) is -0.155. The molecule has 0 aromatic heterocycles. The zero-order chi connectivity index (χ0) is 18.6. The maximum Gasteiger partial charge on any atom is 0.333 e. The number of nitriles is 1. The third-order valence-electron chi connectivity index (χ3n) is 3.65. The predicted molar refractivity (Wildman–Crippen MR) is 92.4 cm³/mol. The van der Waals surface area contributed by atoms with Crippen molar-refractivity contribution in [1.29, 1.82) is 5.26 Å². The van der Waals surface area contributed by atoms with E-state index in [4.69, 9.17) is 9.47 Å². The molecule has 0 saturated heterocycles. The molecule has 0 atom stereocenters. The SMILES string of the molecule is C=C(C)C(=O)OCCC(=O)OC(C#N)=C1N(C)c2ccccc2N1C. The Hall–Kier alpha value is -3.27. The van der Waals surface area contributed by atoms with Gasteiger partial charge in [-0.2, -0.15) is 5.26 Å². The number of allylic oxidation sites excluding steroid dienone is 1. The summed E-state index contributed by atoms with van der Waals surface area (Å²) in [5.41, 5.74) is 2.05. The summed E-state index contributed by atoms with van der Waals surface area (Å²) in [5, 5.41) is 9.40. The van der Waals surface area contributed by atoms with Gasteiger partial charge in [0.25, 0.3) is 0 Å². The third-order valence-corrected chi connectivity index (χ3v) is 3.65. The minimum Gasteiger partial charge on any atom is -0.462 e. The van der Waals surface area contributed by atoms with E-state index in [1.807, 2.05) is 30.3 Å². The maximum absolute atomic E-state index is 11.9. The lowest BCUT2D eigenvalue weighted by atomic mass is 10.3. The molecule has 0 aliphatic carbocycles. The molecule has 1 heterocycles. The number of para-hydroxylation sites is 2. The van der Waals surface area contributed by atoms with Gasteiger partial charge in [0.05, 0.1) is 17.8 Å². The monoisotopic (exact) mass is 341 g/mol. The number of ether oxygens (including phenoxy) is 2. The fraction of sp³-hybridized carbons (Fsp3) is 0.278. The molecule has 1 aliphatic heterocycles. The van der Waals surface area contributed by atoms with Crippen molar-refractivity contribution < 1.29 is 19.1 Å². The Morgan fingerprint density at radius 1 is 1.20 bits per heavy atom. The molecular weight excluding hydrogens is 322 g/mol. The van der Waals surface area contributed by atoms with Crippen LogP contribution in [0.4, 0.5) is 11.4 Å². The number of fused-ring (bicyclic) bond motifs is 1. The van der Waals surface area contributed by atoms with Crippen LogP contribution in [0.2, 0.25) is 0 Å².